The summed E-state index contributed by atoms with van der Waals surface area (Å²) >= 11 is 0. The molecule has 1 aliphatic rings. The molecule has 5 nitrogen and oxygen atoms in total. The van der Waals surface area contributed by atoms with Crippen LogP contribution in [0.5, 0.6) is 0 Å². The number of amides is 2. The standard InChI is InChI=1S/C14H17FO2.C6H9NO2/c1-5-8(2)14(17)12-7-11(15)6-9(3)13(12)10(4)16;1-4-2-3-5(8)7-6(4)9/h6-8H,5H2,1-4H3;4H,2-3H2,1H3,(H,7,8,9)/t8-;/m1./s1. The van der Waals surface area contributed by atoms with Crippen LogP contribution in [0, 0.1) is 24.6 Å². The van der Waals surface area contributed by atoms with E-state index in [1.54, 1.807) is 13.8 Å². The first kappa shape index (κ1) is 21.7. The lowest BCUT2D eigenvalue weighted by molar-refractivity contribution is -0.135. The zero-order valence-corrected chi connectivity index (χ0v) is 15.9. The number of aryl methyl sites for hydroxylation is 1. The molecule has 1 aromatic carbocycles. The van der Waals surface area contributed by atoms with Gasteiger partial charge in [-0.1, -0.05) is 20.8 Å². The van der Waals surface area contributed by atoms with Gasteiger partial charge in [-0.25, -0.2) is 4.39 Å². The summed E-state index contributed by atoms with van der Waals surface area (Å²) in [7, 11) is 0. The van der Waals surface area contributed by atoms with Gasteiger partial charge in [-0.2, -0.15) is 0 Å². The van der Waals surface area contributed by atoms with Crippen LogP contribution >= 0.6 is 0 Å². The van der Waals surface area contributed by atoms with Crippen LogP contribution < -0.4 is 5.32 Å². The number of carbonyl (C=O) groups excluding carboxylic acids is 4. The first-order valence-electron chi connectivity index (χ1n) is 8.77. The predicted molar refractivity (Wildman–Crippen MR) is 96.5 cm³/mol. The van der Waals surface area contributed by atoms with Crippen LogP contribution in [0.4, 0.5) is 4.39 Å². The maximum absolute atomic E-state index is 13.3. The Labute approximate surface area is 153 Å². The van der Waals surface area contributed by atoms with Gasteiger partial charge >= 0.3 is 0 Å². The number of piperidine rings is 1. The summed E-state index contributed by atoms with van der Waals surface area (Å²) in [6.07, 6.45) is 1.86. The molecule has 1 N–H and O–H groups in total. The molecule has 1 aromatic rings. The van der Waals surface area contributed by atoms with E-state index in [1.165, 1.54) is 13.0 Å². The van der Waals surface area contributed by atoms with Crippen molar-refractivity contribution in [1.82, 2.24) is 5.32 Å². The number of hydrogen-bond acceptors (Lipinski definition) is 4. The van der Waals surface area contributed by atoms with Gasteiger partial charge in [0, 0.05) is 29.4 Å². The molecular formula is C20H26FNO4. The third-order valence-electron chi connectivity index (χ3n) is 4.49. The van der Waals surface area contributed by atoms with Gasteiger partial charge < -0.3 is 0 Å². The molecule has 1 saturated heterocycles. The molecule has 1 aliphatic heterocycles. The number of halogens is 1. The smallest absolute Gasteiger partial charge is 0.229 e. The van der Waals surface area contributed by atoms with Gasteiger partial charge in [0.05, 0.1) is 0 Å². The van der Waals surface area contributed by atoms with E-state index in [2.05, 4.69) is 5.32 Å². The van der Waals surface area contributed by atoms with Crippen molar-refractivity contribution in [3.63, 3.8) is 0 Å². The molecule has 1 unspecified atom stereocenters. The van der Waals surface area contributed by atoms with Crippen molar-refractivity contribution in [3.8, 4) is 0 Å². The number of carbonyl (C=O) groups is 4. The average molecular weight is 363 g/mol. The lowest BCUT2D eigenvalue weighted by Crippen LogP contribution is -2.39. The predicted octanol–water partition coefficient (Wildman–Crippen LogP) is 3.62. The monoisotopic (exact) mass is 363 g/mol. The van der Waals surface area contributed by atoms with Crippen molar-refractivity contribution in [1.29, 1.82) is 0 Å². The summed E-state index contributed by atoms with van der Waals surface area (Å²) in [5, 5.41) is 2.25. The number of hydrogen-bond donors (Lipinski definition) is 1. The van der Waals surface area contributed by atoms with Gasteiger partial charge in [-0.3, -0.25) is 24.5 Å². The Morgan fingerprint density at radius 1 is 1.31 bits per heavy atom. The van der Waals surface area contributed by atoms with E-state index in [1.807, 2.05) is 13.8 Å². The van der Waals surface area contributed by atoms with Crippen LogP contribution in [0.25, 0.3) is 0 Å². The number of nitrogens with one attached hydrogen (secondary N) is 1. The van der Waals surface area contributed by atoms with E-state index >= 15 is 0 Å². The van der Waals surface area contributed by atoms with Crippen molar-refractivity contribution in [3.05, 3.63) is 34.6 Å². The van der Waals surface area contributed by atoms with E-state index < -0.39 is 5.82 Å². The third-order valence-corrected chi connectivity index (χ3v) is 4.49. The van der Waals surface area contributed by atoms with E-state index in [9.17, 15) is 23.6 Å². The molecule has 0 aliphatic carbocycles. The van der Waals surface area contributed by atoms with Crippen LogP contribution in [0.2, 0.25) is 0 Å². The van der Waals surface area contributed by atoms with Crippen molar-refractivity contribution >= 4 is 23.4 Å². The second-order valence-corrected chi connectivity index (χ2v) is 6.73. The molecule has 0 spiro atoms. The van der Waals surface area contributed by atoms with Crippen molar-refractivity contribution in [2.24, 2.45) is 11.8 Å². The zero-order chi connectivity index (χ0) is 20.0. The summed E-state index contributed by atoms with van der Waals surface area (Å²) in [5.41, 5.74) is 1.07. The van der Waals surface area contributed by atoms with Crippen molar-refractivity contribution in [2.75, 3.05) is 0 Å². The highest BCUT2D eigenvalue weighted by Gasteiger charge is 2.22. The van der Waals surface area contributed by atoms with Gasteiger partial charge in [0.15, 0.2) is 11.6 Å². The van der Waals surface area contributed by atoms with E-state index in [0.717, 1.165) is 6.07 Å². The number of rotatable bonds is 4. The maximum atomic E-state index is 13.3. The Balaban J connectivity index is 0.000000314. The number of benzene rings is 1. The largest absolute Gasteiger partial charge is 0.296 e. The normalized spacial score (nSPS) is 17.7. The van der Waals surface area contributed by atoms with Gasteiger partial charge in [-0.05, 0) is 44.4 Å². The summed E-state index contributed by atoms with van der Waals surface area (Å²) in [6, 6.07) is 2.45. The maximum Gasteiger partial charge on any atom is 0.229 e. The zero-order valence-electron chi connectivity index (χ0n) is 15.9. The van der Waals surface area contributed by atoms with Gasteiger partial charge in [0.2, 0.25) is 11.8 Å². The minimum Gasteiger partial charge on any atom is -0.296 e. The highest BCUT2D eigenvalue weighted by molar-refractivity contribution is 6.09. The highest BCUT2D eigenvalue weighted by atomic mass is 19.1. The molecule has 26 heavy (non-hydrogen) atoms. The topological polar surface area (TPSA) is 80.3 Å². The molecule has 2 rings (SSSR count). The Kier molecular flexibility index (Phi) is 7.80. The minimum absolute atomic E-state index is 0.0164. The highest BCUT2D eigenvalue weighted by Crippen LogP contribution is 2.21. The van der Waals surface area contributed by atoms with Crippen LogP contribution in [0.1, 0.15) is 73.2 Å². The Morgan fingerprint density at radius 3 is 2.38 bits per heavy atom. The number of ketones is 2. The Morgan fingerprint density at radius 2 is 1.92 bits per heavy atom. The molecular weight excluding hydrogens is 337 g/mol. The molecule has 0 aromatic heterocycles. The third kappa shape index (κ3) is 5.58. The minimum atomic E-state index is -0.473. The first-order valence-corrected chi connectivity index (χ1v) is 8.77. The fraction of sp³-hybridized carbons (Fsp3) is 0.500. The van der Waals surface area contributed by atoms with Crippen molar-refractivity contribution < 1.29 is 23.6 Å². The first-order chi connectivity index (χ1) is 12.1. The van der Waals surface area contributed by atoms with Gasteiger partial charge in [0.1, 0.15) is 5.82 Å². The molecule has 6 heteroatoms. The number of imide groups is 1. The summed E-state index contributed by atoms with van der Waals surface area (Å²) < 4.78 is 13.3. The van der Waals surface area contributed by atoms with E-state index in [-0.39, 0.29) is 40.8 Å². The SMILES string of the molecule is CC1CCC(=O)NC1=O.CC[C@@H](C)C(=O)c1cc(F)cc(C)c1C(C)=O. The summed E-state index contributed by atoms with van der Waals surface area (Å²) in [6.45, 7) is 8.54. The average Bonchev–Trinajstić information content (AvgIpc) is 2.56. The second-order valence-electron chi connectivity index (χ2n) is 6.73. The molecule has 1 fully saturated rings. The van der Waals surface area contributed by atoms with Crippen LogP contribution in [0.3, 0.4) is 0 Å². The lowest BCUT2D eigenvalue weighted by Gasteiger charge is -2.15. The van der Waals surface area contributed by atoms with E-state index in [0.29, 0.717) is 30.4 Å². The molecule has 0 radical (unpaired) electrons. The van der Waals surface area contributed by atoms with E-state index in [4.69, 9.17) is 0 Å². The quantitative estimate of drug-likeness (QED) is 0.654. The van der Waals surface area contributed by atoms with Crippen LogP contribution in [-0.2, 0) is 9.59 Å². The summed E-state index contributed by atoms with van der Waals surface area (Å²) in [5.74, 6) is -1.30. The van der Waals surface area contributed by atoms with Crippen LogP contribution in [0.15, 0.2) is 12.1 Å². The van der Waals surface area contributed by atoms with Gasteiger partial charge in [-0.15, -0.1) is 0 Å². The van der Waals surface area contributed by atoms with Crippen molar-refractivity contribution in [2.45, 2.75) is 53.9 Å². The molecule has 0 bridgehead atoms. The lowest BCUT2D eigenvalue weighted by atomic mass is 9.90. The van der Waals surface area contributed by atoms with Crippen LogP contribution in [-0.4, -0.2) is 23.4 Å². The molecule has 1 heterocycles. The van der Waals surface area contributed by atoms with Gasteiger partial charge in [0.25, 0.3) is 0 Å². The molecule has 0 saturated carbocycles. The fourth-order valence-electron chi connectivity index (χ4n) is 2.66. The Hall–Kier alpha value is -2.37. The fourth-order valence-corrected chi connectivity index (χ4v) is 2.66. The summed E-state index contributed by atoms with van der Waals surface area (Å²) in [4.78, 5) is 44.8. The molecule has 2 atom stereocenters. The number of Topliss-reactive ketones (excluding diaryl/α,β-unsaturated/α-hetero) is 2. The second kappa shape index (κ2) is 9.36. The molecule has 2 amide bonds. The molecule has 142 valence electrons. The Bertz CT molecular complexity index is 727.